The minimum Gasteiger partial charge on any atom is -0.0991 e. The van der Waals surface area contributed by atoms with Crippen LogP contribution in [0.4, 0.5) is 0 Å². The molecule has 0 fully saturated rings. The predicted molar refractivity (Wildman–Crippen MR) is 100 cm³/mol. The second-order valence-corrected chi connectivity index (χ2v) is 8.64. The van der Waals surface area contributed by atoms with Crippen molar-refractivity contribution in [1.82, 2.24) is 0 Å². The minimum absolute atomic E-state index is 0. The molecular weight excluding hydrogens is 316 g/mol. The molecule has 0 atom stereocenters. The zero-order valence-corrected chi connectivity index (χ0v) is 16.7. The van der Waals surface area contributed by atoms with E-state index in [0.29, 0.717) is 0 Å². The van der Waals surface area contributed by atoms with Gasteiger partial charge in [0, 0.05) is 21.7 Å². The summed E-state index contributed by atoms with van der Waals surface area (Å²) < 4.78 is 0. The summed E-state index contributed by atoms with van der Waals surface area (Å²) in [5.74, 6) is 0. The number of benzene rings is 1. The molecule has 0 unspecified atom stereocenters. The molecule has 3 rings (SSSR count). The predicted octanol–water partition coefficient (Wildman–Crippen LogP) is 3.83. The van der Waals surface area contributed by atoms with Gasteiger partial charge in [0.2, 0.25) is 0 Å². The average molecular weight is 340 g/mol. The van der Waals surface area contributed by atoms with E-state index in [4.69, 9.17) is 0 Å². The third-order valence-corrected chi connectivity index (χ3v) is 5.72. The third-order valence-electron chi connectivity index (χ3n) is 3.80. The van der Waals surface area contributed by atoms with Gasteiger partial charge in [-0.15, -0.1) is 0 Å². The number of rotatable bonds is 2. The standard InChI is InChI=1S/C15H16Si.C5H8.Ti/c1-10-7-13-8-11-5-4-6-12(11)9-14(13)15(10)16(2)3;1-3-5-4-2;/h4-9,16H,1-3H3;3-5H,1H2,2H3;. The van der Waals surface area contributed by atoms with Crippen LogP contribution in [0.3, 0.4) is 0 Å². The van der Waals surface area contributed by atoms with Crippen LogP contribution in [0, 0.1) is 0 Å². The van der Waals surface area contributed by atoms with Crippen LogP contribution in [-0.4, -0.2) is 8.80 Å². The van der Waals surface area contributed by atoms with Gasteiger partial charge in [-0.1, -0.05) is 73.0 Å². The summed E-state index contributed by atoms with van der Waals surface area (Å²) in [5.41, 5.74) is 4.36. The summed E-state index contributed by atoms with van der Waals surface area (Å²) in [5, 5.41) is 4.46. The van der Waals surface area contributed by atoms with Gasteiger partial charge >= 0.3 is 0 Å². The molecule has 0 aliphatic heterocycles. The van der Waals surface area contributed by atoms with Crippen LogP contribution in [0.15, 0.2) is 48.6 Å². The van der Waals surface area contributed by atoms with Gasteiger partial charge in [-0.2, -0.15) is 0 Å². The molecular formula is C20H24SiTi. The Morgan fingerprint density at radius 3 is 2.41 bits per heavy atom. The zero-order chi connectivity index (χ0) is 15.4. The fourth-order valence-electron chi connectivity index (χ4n) is 2.97. The molecule has 1 aromatic rings. The Morgan fingerprint density at radius 1 is 1.14 bits per heavy atom. The summed E-state index contributed by atoms with van der Waals surface area (Å²) in [6.07, 6.45) is 14.5. The second kappa shape index (κ2) is 8.47. The molecule has 112 valence electrons. The van der Waals surface area contributed by atoms with Crippen LogP contribution in [-0.2, 0) is 21.7 Å². The van der Waals surface area contributed by atoms with Crippen LogP contribution < -0.4 is 10.4 Å². The molecule has 0 N–H and O–H groups in total. The van der Waals surface area contributed by atoms with E-state index in [2.05, 4.69) is 63.0 Å². The van der Waals surface area contributed by atoms with Crippen molar-refractivity contribution in [2.24, 2.45) is 0 Å². The van der Waals surface area contributed by atoms with E-state index in [1.165, 1.54) is 27.1 Å². The number of hydrogen-bond acceptors (Lipinski definition) is 0. The Kier molecular flexibility index (Phi) is 7.28. The van der Waals surface area contributed by atoms with E-state index in [-0.39, 0.29) is 21.7 Å². The third kappa shape index (κ3) is 3.98. The van der Waals surface area contributed by atoms with E-state index in [0.717, 1.165) is 0 Å². The number of fused-ring (bicyclic) bond motifs is 2. The van der Waals surface area contributed by atoms with Gasteiger partial charge in [-0.05, 0) is 47.5 Å². The fourth-order valence-corrected chi connectivity index (χ4v) is 4.84. The van der Waals surface area contributed by atoms with Gasteiger partial charge in [0.05, 0.1) is 8.80 Å². The van der Waals surface area contributed by atoms with Crippen molar-refractivity contribution in [2.75, 3.05) is 0 Å². The van der Waals surface area contributed by atoms with Crippen molar-refractivity contribution < 1.29 is 21.7 Å². The van der Waals surface area contributed by atoms with Crippen molar-refractivity contribution in [3.8, 4) is 0 Å². The van der Waals surface area contributed by atoms with Crippen LogP contribution >= 0.6 is 0 Å². The molecule has 0 heterocycles. The summed E-state index contributed by atoms with van der Waals surface area (Å²) >= 11 is 0. The second-order valence-electron chi connectivity index (χ2n) is 5.75. The molecule has 2 heteroatoms. The van der Waals surface area contributed by atoms with Gasteiger partial charge in [0.15, 0.2) is 0 Å². The summed E-state index contributed by atoms with van der Waals surface area (Å²) in [6, 6.07) is 4.71. The molecule has 0 nitrogen and oxygen atoms in total. The topological polar surface area (TPSA) is 0 Å². The van der Waals surface area contributed by atoms with Crippen molar-refractivity contribution >= 4 is 32.2 Å². The summed E-state index contributed by atoms with van der Waals surface area (Å²) in [4.78, 5) is 0. The molecule has 0 amide bonds. The molecule has 0 saturated heterocycles. The first-order valence-electron chi connectivity index (χ1n) is 7.57. The summed E-state index contributed by atoms with van der Waals surface area (Å²) in [7, 11) is -0.731. The first-order chi connectivity index (χ1) is 10.1. The molecule has 0 spiro atoms. The van der Waals surface area contributed by atoms with E-state index in [1.54, 1.807) is 11.3 Å². The van der Waals surface area contributed by atoms with Gasteiger partial charge in [-0.3, -0.25) is 0 Å². The molecule has 2 aliphatic carbocycles. The van der Waals surface area contributed by atoms with Crippen molar-refractivity contribution in [2.45, 2.75) is 26.9 Å². The maximum atomic E-state index is 3.46. The molecule has 0 saturated carbocycles. The van der Waals surface area contributed by atoms with Gasteiger partial charge in [0.1, 0.15) is 0 Å². The minimum atomic E-state index is -0.731. The first kappa shape index (κ1) is 18.9. The van der Waals surface area contributed by atoms with E-state index in [1.807, 2.05) is 19.1 Å². The largest absolute Gasteiger partial charge is 0.0991 e. The Hall–Kier alpha value is -1.15. The van der Waals surface area contributed by atoms with Crippen molar-refractivity contribution in [1.29, 1.82) is 0 Å². The normalized spacial score (nSPS) is 13.9. The fraction of sp³-hybridized carbons (Fsp3) is 0.200. The Labute approximate surface area is 150 Å². The van der Waals surface area contributed by atoms with Crippen molar-refractivity contribution in [3.63, 3.8) is 0 Å². The molecule has 22 heavy (non-hydrogen) atoms. The maximum Gasteiger partial charge on any atom is 0.0658 e. The molecule has 2 aliphatic rings. The molecule has 0 radical (unpaired) electrons. The Bertz CT molecular complexity index is 762. The zero-order valence-electron chi connectivity index (χ0n) is 14.0. The smallest absolute Gasteiger partial charge is 0.0658 e. The number of hydrogen-bond donors (Lipinski definition) is 0. The van der Waals surface area contributed by atoms with Crippen LogP contribution in [0.5, 0.6) is 0 Å². The van der Waals surface area contributed by atoms with E-state index >= 15 is 0 Å². The van der Waals surface area contributed by atoms with E-state index < -0.39 is 8.80 Å². The average Bonchev–Trinajstić information content (AvgIpc) is 2.99. The molecule has 0 bridgehead atoms. The van der Waals surface area contributed by atoms with Crippen molar-refractivity contribution in [3.05, 3.63) is 70.2 Å². The summed E-state index contributed by atoms with van der Waals surface area (Å²) in [6.45, 7) is 12.5. The Morgan fingerprint density at radius 2 is 1.86 bits per heavy atom. The maximum absolute atomic E-state index is 3.46. The quantitative estimate of drug-likeness (QED) is 0.567. The first-order valence-corrected chi connectivity index (χ1v) is 10.5. The monoisotopic (exact) mass is 340 g/mol. The Balaban J connectivity index is 0.000000356. The SMILES string of the molecule is C=CC=CC.CC1=C([SiH](C)C)c2cc3c(cc2=C1)C=CC=3.[Ti]. The van der Waals surface area contributed by atoms with Crippen LogP contribution in [0.2, 0.25) is 13.1 Å². The van der Waals surface area contributed by atoms with Gasteiger partial charge in [-0.25, -0.2) is 0 Å². The van der Waals surface area contributed by atoms with Crippen LogP contribution in [0.25, 0.3) is 23.4 Å². The van der Waals surface area contributed by atoms with Gasteiger partial charge in [0.25, 0.3) is 0 Å². The van der Waals surface area contributed by atoms with Crippen LogP contribution in [0.1, 0.15) is 25.0 Å². The molecule has 0 aromatic heterocycles. The van der Waals surface area contributed by atoms with Gasteiger partial charge < -0.3 is 0 Å². The van der Waals surface area contributed by atoms with E-state index in [9.17, 15) is 0 Å². The molecule has 1 aromatic carbocycles. The number of allylic oxidation sites excluding steroid dienone is 5.